The molecule has 0 amide bonds. The summed E-state index contributed by atoms with van der Waals surface area (Å²) in [5.41, 5.74) is 0. The van der Waals surface area contributed by atoms with Crippen molar-refractivity contribution in [3.05, 3.63) is 0 Å². The van der Waals surface area contributed by atoms with Crippen molar-refractivity contribution in [2.75, 3.05) is 32.8 Å². The first-order valence-corrected chi connectivity index (χ1v) is 7.03. The van der Waals surface area contributed by atoms with Crippen molar-refractivity contribution in [3.63, 3.8) is 0 Å². The lowest BCUT2D eigenvalue weighted by atomic mass is 10.0. The second kappa shape index (κ2) is 7.07. The van der Waals surface area contributed by atoms with E-state index in [1.54, 1.807) is 0 Å². The molecule has 0 radical (unpaired) electrons. The molecule has 5 heteroatoms. The largest absolute Gasteiger partial charge is 0.481 e. The highest BCUT2D eigenvalue weighted by atomic mass is 16.5. The van der Waals surface area contributed by atoms with Crippen LogP contribution < -0.4 is 5.32 Å². The Morgan fingerprint density at radius 3 is 2.72 bits per heavy atom. The summed E-state index contributed by atoms with van der Waals surface area (Å²) in [7, 11) is 0. The molecule has 0 aromatic heterocycles. The van der Waals surface area contributed by atoms with Gasteiger partial charge in [-0.1, -0.05) is 0 Å². The van der Waals surface area contributed by atoms with Crippen LogP contribution in [0.2, 0.25) is 0 Å². The smallest absolute Gasteiger partial charge is 0.304 e. The van der Waals surface area contributed by atoms with E-state index in [1.807, 2.05) is 0 Å². The number of piperidine rings is 1. The summed E-state index contributed by atoms with van der Waals surface area (Å²) in [5, 5.41) is 11.9. The zero-order chi connectivity index (χ0) is 12.8. The van der Waals surface area contributed by atoms with Crippen molar-refractivity contribution in [2.24, 2.45) is 0 Å². The van der Waals surface area contributed by atoms with Gasteiger partial charge in [0.05, 0.1) is 12.5 Å². The fourth-order valence-corrected chi connectivity index (χ4v) is 2.78. The molecule has 0 saturated carbocycles. The molecule has 0 bridgehead atoms. The lowest BCUT2D eigenvalue weighted by Crippen LogP contribution is -2.45. The molecule has 0 aliphatic carbocycles. The summed E-state index contributed by atoms with van der Waals surface area (Å²) in [6.45, 7) is 4.79. The normalized spacial score (nSPS) is 26.6. The number of nitrogens with one attached hydrogen (secondary N) is 1. The summed E-state index contributed by atoms with van der Waals surface area (Å²) in [5.74, 6) is -0.724. The Hall–Kier alpha value is -0.650. The fraction of sp³-hybridized carbons (Fsp3) is 0.923. The zero-order valence-corrected chi connectivity index (χ0v) is 10.9. The standard InChI is InChI=1S/C13H24N2O3/c16-13(17)3-6-14-11-4-7-15(8-5-11)10-12-2-1-9-18-12/h11-12,14H,1-10H2,(H,16,17)/t12-/m1/s1. The Kier molecular flexibility index (Phi) is 5.41. The highest BCUT2D eigenvalue weighted by Crippen LogP contribution is 2.16. The zero-order valence-electron chi connectivity index (χ0n) is 10.9. The van der Waals surface area contributed by atoms with Gasteiger partial charge in [0, 0.05) is 25.7 Å². The Balaban J connectivity index is 1.57. The molecule has 0 aromatic carbocycles. The van der Waals surface area contributed by atoms with Gasteiger partial charge < -0.3 is 20.1 Å². The van der Waals surface area contributed by atoms with Gasteiger partial charge >= 0.3 is 5.97 Å². The first-order valence-electron chi connectivity index (χ1n) is 7.03. The molecule has 2 N–H and O–H groups in total. The van der Waals surface area contributed by atoms with Crippen molar-refractivity contribution in [1.82, 2.24) is 10.2 Å². The number of aliphatic carboxylic acids is 1. The van der Waals surface area contributed by atoms with Gasteiger partial charge in [0.25, 0.3) is 0 Å². The van der Waals surface area contributed by atoms with Crippen LogP contribution in [0.1, 0.15) is 32.1 Å². The number of hydrogen-bond donors (Lipinski definition) is 2. The molecular formula is C13H24N2O3. The monoisotopic (exact) mass is 256 g/mol. The first kappa shape index (κ1) is 13.8. The van der Waals surface area contributed by atoms with Gasteiger partial charge in [-0.25, -0.2) is 0 Å². The van der Waals surface area contributed by atoms with Crippen LogP contribution in [0.4, 0.5) is 0 Å². The van der Waals surface area contributed by atoms with E-state index in [2.05, 4.69) is 10.2 Å². The molecule has 2 aliphatic rings. The highest BCUT2D eigenvalue weighted by molar-refractivity contribution is 5.66. The predicted octanol–water partition coefficient (Wildman–Crippen LogP) is 0.694. The van der Waals surface area contributed by atoms with Crippen LogP contribution >= 0.6 is 0 Å². The molecule has 104 valence electrons. The summed E-state index contributed by atoms with van der Waals surface area (Å²) in [6.07, 6.45) is 5.31. The number of carboxylic acids is 1. The quantitative estimate of drug-likeness (QED) is 0.732. The second-order valence-corrected chi connectivity index (χ2v) is 5.31. The maximum absolute atomic E-state index is 10.4. The minimum Gasteiger partial charge on any atom is -0.481 e. The molecule has 0 unspecified atom stereocenters. The van der Waals surface area contributed by atoms with E-state index in [-0.39, 0.29) is 6.42 Å². The Labute approximate surface area is 108 Å². The molecule has 18 heavy (non-hydrogen) atoms. The van der Waals surface area contributed by atoms with E-state index in [0.717, 1.165) is 39.1 Å². The van der Waals surface area contributed by atoms with Crippen molar-refractivity contribution < 1.29 is 14.6 Å². The molecule has 2 heterocycles. The van der Waals surface area contributed by atoms with Crippen LogP contribution in [0, 0.1) is 0 Å². The topological polar surface area (TPSA) is 61.8 Å². The molecule has 5 nitrogen and oxygen atoms in total. The fourth-order valence-electron chi connectivity index (χ4n) is 2.78. The number of likely N-dealkylation sites (tertiary alicyclic amines) is 1. The van der Waals surface area contributed by atoms with Crippen LogP contribution in [-0.4, -0.2) is 60.9 Å². The first-order chi connectivity index (χ1) is 8.74. The van der Waals surface area contributed by atoms with Gasteiger partial charge in [-0.2, -0.15) is 0 Å². The summed E-state index contributed by atoms with van der Waals surface area (Å²) in [6, 6.07) is 0.491. The van der Waals surface area contributed by atoms with Crippen LogP contribution in [0.15, 0.2) is 0 Å². The van der Waals surface area contributed by atoms with Crippen molar-refractivity contribution in [2.45, 2.75) is 44.2 Å². The number of nitrogens with zero attached hydrogens (tertiary/aromatic N) is 1. The third-order valence-corrected chi connectivity index (χ3v) is 3.85. The van der Waals surface area contributed by atoms with E-state index in [0.29, 0.717) is 18.7 Å². The number of carbonyl (C=O) groups is 1. The highest BCUT2D eigenvalue weighted by Gasteiger charge is 2.23. The van der Waals surface area contributed by atoms with E-state index in [9.17, 15) is 4.79 Å². The van der Waals surface area contributed by atoms with E-state index < -0.39 is 5.97 Å². The average Bonchev–Trinajstić information content (AvgIpc) is 2.84. The number of hydrogen-bond acceptors (Lipinski definition) is 4. The lowest BCUT2D eigenvalue weighted by Gasteiger charge is -2.33. The molecule has 2 fully saturated rings. The van der Waals surface area contributed by atoms with Crippen LogP contribution in [0.5, 0.6) is 0 Å². The van der Waals surface area contributed by atoms with Crippen LogP contribution in [0.25, 0.3) is 0 Å². The molecule has 2 saturated heterocycles. The second-order valence-electron chi connectivity index (χ2n) is 5.31. The van der Waals surface area contributed by atoms with Crippen molar-refractivity contribution in [3.8, 4) is 0 Å². The van der Waals surface area contributed by atoms with Gasteiger partial charge in [0.2, 0.25) is 0 Å². The van der Waals surface area contributed by atoms with Gasteiger partial charge in [-0.05, 0) is 38.8 Å². The van der Waals surface area contributed by atoms with E-state index in [4.69, 9.17) is 9.84 Å². The van der Waals surface area contributed by atoms with Gasteiger partial charge in [0.1, 0.15) is 0 Å². The molecule has 1 atom stereocenters. The lowest BCUT2D eigenvalue weighted by molar-refractivity contribution is -0.136. The number of rotatable bonds is 6. The number of carboxylic acid groups (broad SMARTS) is 1. The molecule has 2 rings (SSSR count). The minimum atomic E-state index is -0.724. The van der Waals surface area contributed by atoms with Crippen molar-refractivity contribution >= 4 is 5.97 Å². The third-order valence-electron chi connectivity index (χ3n) is 3.85. The third kappa shape index (κ3) is 4.55. The maximum Gasteiger partial charge on any atom is 0.304 e. The average molecular weight is 256 g/mol. The Morgan fingerprint density at radius 1 is 1.33 bits per heavy atom. The van der Waals surface area contributed by atoms with Gasteiger partial charge in [0.15, 0.2) is 0 Å². The number of ether oxygens (including phenoxy) is 1. The molecule has 0 spiro atoms. The summed E-state index contributed by atoms with van der Waals surface area (Å²) in [4.78, 5) is 12.9. The maximum atomic E-state index is 10.4. The molecule has 2 aliphatic heterocycles. The minimum absolute atomic E-state index is 0.218. The van der Waals surface area contributed by atoms with E-state index >= 15 is 0 Å². The van der Waals surface area contributed by atoms with Crippen molar-refractivity contribution in [1.29, 1.82) is 0 Å². The van der Waals surface area contributed by atoms with Crippen LogP contribution in [-0.2, 0) is 9.53 Å². The molecular weight excluding hydrogens is 232 g/mol. The SMILES string of the molecule is O=C(O)CCNC1CCN(C[C@H]2CCCO2)CC1. The molecule has 0 aromatic rings. The Morgan fingerprint density at radius 2 is 2.11 bits per heavy atom. The summed E-state index contributed by atoms with van der Waals surface area (Å²) < 4.78 is 5.65. The van der Waals surface area contributed by atoms with E-state index in [1.165, 1.54) is 12.8 Å². The van der Waals surface area contributed by atoms with Gasteiger partial charge in [-0.3, -0.25) is 4.79 Å². The van der Waals surface area contributed by atoms with Crippen LogP contribution in [0.3, 0.4) is 0 Å². The summed E-state index contributed by atoms with van der Waals surface area (Å²) >= 11 is 0. The predicted molar refractivity (Wildman–Crippen MR) is 68.7 cm³/mol. The van der Waals surface area contributed by atoms with Gasteiger partial charge in [-0.15, -0.1) is 0 Å². The Bertz CT molecular complexity index is 259.